The number of hydrogen-bond acceptors (Lipinski definition) is 1. The third-order valence-corrected chi connectivity index (χ3v) is 3.83. The molecule has 0 aliphatic heterocycles. The molecular weight excluding hydrogens is 290 g/mol. The molecule has 0 atom stereocenters. The van der Waals surface area contributed by atoms with Crippen molar-refractivity contribution in [2.24, 2.45) is 0 Å². The van der Waals surface area contributed by atoms with Crippen molar-refractivity contribution in [1.82, 2.24) is 4.90 Å². The highest BCUT2D eigenvalue weighted by Crippen LogP contribution is 2.24. The summed E-state index contributed by atoms with van der Waals surface area (Å²) in [6, 6.07) is 6.63. The maximum atomic E-state index is 11.1. The molecule has 0 unspecified atom stereocenters. The van der Waals surface area contributed by atoms with Gasteiger partial charge in [0.1, 0.15) is 0 Å². The lowest BCUT2D eigenvalue weighted by molar-refractivity contribution is 0.235. The van der Waals surface area contributed by atoms with Gasteiger partial charge in [-0.2, -0.15) is 0 Å². The van der Waals surface area contributed by atoms with E-state index in [1.807, 2.05) is 0 Å². The van der Waals surface area contributed by atoms with Crippen LogP contribution in [0.2, 0.25) is 0 Å². The van der Waals surface area contributed by atoms with Gasteiger partial charge in [-0.15, -0.1) is 0 Å². The molecule has 1 rings (SSSR count). The number of carbonyl (C=O) groups excluding carboxylic acids is 1. The van der Waals surface area contributed by atoms with Crippen molar-refractivity contribution >= 4 is 20.7 Å². The standard InChI is InChI=1S/C15H22BrNO/c1-11-10-13(15(2,3)4)7-6-12(11)8-9-17(5)14(16)18/h6-7,10H,8-9H2,1-5H3. The van der Waals surface area contributed by atoms with Gasteiger partial charge in [0.05, 0.1) is 0 Å². The van der Waals surface area contributed by atoms with Crippen molar-refractivity contribution in [3.8, 4) is 0 Å². The molecule has 0 spiro atoms. The van der Waals surface area contributed by atoms with Crippen LogP contribution in [0.5, 0.6) is 0 Å². The van der Waals surface area contributed by atoms with E-state index in [1.165, 1.54) is 16.7 Å². The Morgan fingerprint density at radius 2 is 1.94 bits per heavy atom. The quantitative estimate of drug-likeness (QED) is 0.602. The largest absolute Gasteiger partial charge is 0.336 e. The summed E-state index contributed by atoms with van der Waals surface area (Å²) in [6.07, 6.45) is 0.893. The fourth-order valence-corrected chi connectivity index (χ4v) is 2.00. The van der Waals surface area contributed by atoms with Gasteiger partial charge in [-0.1, -0.05) is 39.0 Å². The highest BCUT2D eigenvalue weighted by atomic mass is 79.9. The smallest absolute Gasteiger partial charge is 0.289 e. The number of carbonyl (C=O) groups is 1. The molecule has 0 radical (unpaired) electrons. The lowest BCUT2D eigenvalue weighted by Crippen LogP contribution is -2.23. The summed E-state index contributed by atoms with van der Waals surface area (Å²) in [5, 5.41) is 0. The average Bonchev–Trinajstić information content (AvgIpc) is 2.25. The van der Waals surface area contributed by atoms with Gasteiger partial charge in [-0.25, -0.2) is 0 Å². The Bertz CT molecular complexity index is 435. The molecule has 3 heteroatoms. The van der Waals surface area contributed by atoms with E-state index in [9.17, 15) is 4.79 Å². The second-order valence-corrected chi connectivity index (χ2v) is 6.49. The van der Waals surface area contributed by atoms with E-state index in [0.717, 1.165) is 13.0 Å². The number of benzene rings is 1. The first-order valence-electron chi connectivity index (χ1n) is 6.22. The first-order valence-corrected chi connectivity index (χ1v) is 7.01. The molecule has 0 fully saturated rings. The average molecular weight is 312 g/mol. The van der Waals surface area contributed by atoms with Gasteiger partial charge in [0.15, 0.2) is 0 Å². The van der Waals surface area contributed by atoms with Crippen LogP contribution >= 0.6 is 15.9 Å². The molecule has 100 valence electrons. The molecule has 1 aromatic rings. The number of halogens is 1. The lowest BCUT2D eigenvalue weighted by Gasteiger charge is -2.21. The second-order valence-electron chi connectivity index (χ2n) is 5.82. The van der Waals surface area contributed by atoms with Crippen molar-refractivity contribution in [3.63, 3.8) is 0 Å². The maximum Gasteiger partial charge on any atom is 0.289 e. The Morgan fingerprint density at radius 3 is 2.39 bits per heavy atom. The van der Waals surface area contributed by atoms with Gasteiger partial charge in [0.2, 0.25) is 0 Å². The summed E-state index contributed by atoms with van der Waals surface area (Å²) in [4.78, 5) is 12.7. The summed E-state index contributed by atoms with van der Waals surface area (Å²) in [6.45, 7) is 9.54. The van der Waals surface area contributed by atoms with Gasteiger partial charge in [-0.3, -0.25) is 4.79 Å². The maximum absolute atomic E-state index is 11.1. The molecule has 0 aliphatic carbocycles. The molecular formula is C15H22BrNO. The molecule has 0 heterocycles. The van der Waals surface area contributed by atoms with Crippen LogP contribution in [0.1, 0.15) is 37.5 Å². The van der Waals surface area contributed by atoms with E-state index in [-0.39, 0.29) is 10.2 Å². The number of nitrogens with zero attached hydrogens (tertiary/aromatic N) is 1. The van der Waals surface area contributed by atoms with Crippen LogP contribution in [0.25, 0.3) is 0 Å². The summed E-state index contributed by atoms with van der Waals surface area (Å²) in [7, 11) is 1.80. The van der Waals surface area contributed by atoms with E-state index in [0.29, 0.717) is 0 Å². The van der Waals surface area contributed by atoms with Crippen molar-refractivity contribution in [2.45, 2.75) is 39.5 Å². The zero-order valence-electron chi connectivity index (χ0n) is 11.9. The molecule has 0 N–H and O–H groups in total. The fourth-order valence-electron chi connectivity index (χ4n) is 1.82. The summed E-state index contributed by atoms with van der Waals surface area (Å²) in [5.41, 5.74) is 4.15. The highest BCUT2D eigenvalue weighted by molar-refractivity contribution is 9.18. The van der Waals surface area contributed by atoms with Crippen LogP contribution < -0.4 is 0 Å². The van der Waals surface area contributed by atoms with Crippen LogP contribution in [-0.4, -0.2) is 23.3 Å². The Morgan fingerprint density at radius 1 is 1.33 bits per heavy atom. The minimum Gasteiger partial charge on any atom is -0.336 e. The number of hydrogen-bond donors (Lipinski definition) is 0. The first-order chi connectivity index (χ1) is 8.21. The van der Waals surface area contributed by atoms with Crippen molar-refractivity contribution in [3.05, 3.63) is 34.9 Å². The molecule has 0 aliphatic rings. The first kappa shape index (κ1) is 15.2. The van der Waals surface area contributed by atoms with Crippen LogP contribution in [0, 0.1) is 6.92 Å². The zero-order valence-corrected chi connectivity index (χ0v) is 13.5. The third kappa shape index (κ3) is 4.13. The predicted octanol–water partition coefficient (Wildman–Crippen LogP) is 4.28. The van der Waals surface area contributed by atoms with Crippen LogP contribution in [-0.2, 0) is 11.8 Å². The number of amides is 1. The van der Waals surface area contributed by atoms with Crippen LogP contribution in [0.15, 0.2) is 18.2 Å². The topological polar surface area (TPSA) is 20.3 Å². The molecule has 1 amide bonds. The minimum absolute atomic E-state index is 0.0635. The molecule has 0 bridgehead atoms. The van der Waals surface area contributed by atoms with Gasteiger partial charge in [0, 0.05) is 29.5 Å². The molecule has 2 nitrogen and oxygen atoms in total. The Kier molecular flexibility index (Phi) is 4.97. The normalized spacial score (nSPS) is 11.4. The summed E-state index contributed by atoms with van der Waals surface area (Å²) < 4.78 is 0. The summed E-state index contributed by atoms with van der Waals surface area (Å²) in [5.74, 6) is 0. The Balaban J connectivity index is 2.78. The van der Waals surface area contributed by atoms with Gasteiger partial charge in [0.25, 0.3) is 4.82 Å². The van der Waals surface area contributed by atoms with E-state index in [4.69, 9.17) is 0 Å². The van der Waals surface area contributed by atoms with E-state index in [1.54, 1.807) is 11.9 Å². The van der Waals surface area contributed by atoms with Crippen molar-refractivity contribution < 1.29 is 4.79 Å². The number of aryl methyl sites for hydroxylation is 1. The number of rotatable bonds is 3. The van der Waals surface area contributed by atoms with Gasteiger partial charge >= 0.3 is 0 Å². The van der Waals surface area contributed by atoms with Gasteiger partial charge < -0.3 is 4.90 Å². The van der Waals surface area contributed by atoms with Crippen LogP contribution in [0.3, 0.4) is 0 Å². The number of likely N-dealkylation sites (N-methyl/N-ethyl adjacent to an activating group) is 1. The molecule has 0 saturated carbocycles. The Hall–Kier alpha value is -0.830. The van der Waals surface area contributed by atoms with Crippen LogP contribution in [0.4, 0.5) is 4.79 Å². The highest BCUT2D eigenvalue weighted by Gasteiger charge is 2.14. The zero-order chi connectivity index (χ0) is 13.9. The molecule has 0 aromatic heterocycles. The van der Waals surface area contributed by atoms with Crippen molar-refractivity contribution in [2.75, 3.05) is 13.6 Å². The SMILES string of the molecule is Cc1cc(C(C)(C)C)ccc1CCN(C)C(=O)Br. The molecule has 1 aromatic carbocycles. The van der Waals surface area contributed by atoms with Gasteiger partial charge in [-0.05, 0) is 35.4 Å². The minimum atomic E-state index is -0.0635. The van der Waals surface area contributed by atoms with E-state index in [2.05, 4.69) is 61.8 Å². The summed E-state index contributed by atoms with van der Waals surface area (Å²) >= 11 is 2.96. The third-order valence-electron chi connectivity index (χ3n) is 3.23. The van der Waals surface area contributed by atoms with Crippen molar-refractivity contribution in [1.29, 1.82) is 0 Å². The molecule has 18 heavy (non-hydrogen) atoms. The fraction of sp³-hybridized carbons (Fsp3) is 0.533. The Labute approximate surface area is 119 Å². The predicted molar refractivity (Wildman–Crippen MR) is 80.5 cm³/mol. The monoisotopic (exact) mass is 311 g/mol. The second kappa shape index (κ2) is 5.87. The van der Waals surface area contributed by atoms with E-state index >= 15 is 0 Å². The lowest BCUT2D eigenvalue weighted by atomic mass is 9.85. The van der Waals surface area contributed by atoms with E-state index < -0.39 is 0 Å². The molecule has 0 saturated heterocycles.